The molecule has 142 valence electrons. The van der Waals surface area contributed by atoms with Gasteiger partial charge in [0.1, 0.15) is 5.78 Å². The van der Waals surface area contributed by atoms with E-state index in [2.05, 4.69) is 31.1 Å². The Kier molecular flexibility index (Phi) is 3.57. The number of carbonyl (C=O) groups excluding carboxylic acids is 2. The number of para-hydroxylation sites is 1. The largest absolute Gasteiger partial charge is 0.380 e. The molecule has 2 fully saturated rings. The monoisotopic (exact) mass is 366 g/mol. The Morgan fingerprint density at radius 3 is 2.85 bits per heavy atom. The highest BCUT2D eigenvalue weighted by molar-refractivity contribution is 6.04. The molecule has 0 aromatic heterocycles. The third kappa shape index (κ3) is 2.09. The zero-order valence-electron chi connectivity index (χ0n) is 16.1. The fourth-order valence-corrected chi connectivity index (χ4v) is 6.10. The number of fused-ring (bicyclic) bond motifs is 1. The number of hydrogen-bond donors (Lipinski definition) is 0. The maximum Gasteiger partial charge on any atom is 0.224 e. The number of hydrogen-bond acceptors (Lipinski definition) is 4. The van der Waals surface area contributed by atoms with Gasteiger partial charge in [0.25, 0.3) is 0 Å². The zero-order chi connectivity index (χ0) is 18.9. The van der Waals surface area contributed by atoms with E-state index in [1.54, 1.807) is 6.92 Å². The molecular formula is C22H26N2O3. The second-order valence-corrected chi connectivity index (χ2v) is 8.56. The summed E-state index contributed by atoms with van der Waals surface area (Å²) in [6.07, 6.45) is 3.49. The van der Waals surface area contributed by atoms with Crippen molar-refractivity contribution in [2.75, 3.05) is 25.1 Å². The molecule has 1 saturated heterocycles. The average molecular weight is 366 g/mol. The number of amides is 1. The van der Waals surface area contributed by atoms with E-state index < -0.39 is 5.41 Å². The average Bonchev–Trinajstić information content (AvgIpc) is 2.97. The number of nitrogens with zero attached hydrogens (tertiary/aromatic N) is 2. The van der Waals surface area contributed by atoms with Crippen LogP contribution in [0.15, 0.2) is 36.0 Å². The van der Waals surface area contributed by atoms with E-state index >= 15 is 0 Å². The molecule has 5 heteroatoms. The first-order chi connectivity index (χ1) is 12.9. The third-order valence-electron chi connectivity index (χ3n) is 7.26. The molecule has 3 heterocycles. The highest BCUT2D eigenvalue weighted by Crippen LogP contribution is 2.58. The lowest BCUT2D eigenvalue weighted by Gasteiger charge is -2.51. The molecule has 5 atom stereocenters. The summed E-state index contributed by atoms with van der Waals surface area (Å²) < 4.78 is 6.16. The van der Waals surface area contributed by atoms with E-state index in [4.69, 9.17) is 4.74 Å². The number of ketones is 1. The molecular weight excluding hydrogens is 340 g/mol. The number of Topliss-reactive ketones (excluding diaryl/α,β-unsaturated/α-hetero) is 1. The minimum absolute atomic E-state index is 0.0135. The van der Waals surface area contributed by atoms with Gasteiger partial charge in [-0.25, -0.2) is 0 Å². The molecule has 0 unspecified atom stereocenters. The van der Waals surface area contributed by atoms with Gasteiger partial charge in [0, 0.05) is 44.7 Å². The molecule has 5 nitrogen and oxygen atoms in total. The Morgan fingerprint density at radius 2 is 2.07 bits per heavy atom. The van der Waals surface area contributed by atoms with Crippen molar-refractivity contribution in [1.29, 1.82) is 0 Å². The molecule has 0 radical (unpaired) electrons. The Morgan fingerprint density at radius 1 is 1.30 bits per heavy atom. The van der Waals surface area contributed by atoms with Crippen LogP contribution in [0.2, 0.25) is 0 Å². The fraction of sp³-hybridized carbons (Fsp3) is 0.545. The van der Waals surface area contributed by atoms with E-state index in [1.807, 2.05) is 23.1 Å². The van der Waals surface area contributed by atoms with Gasteiger partial charge in [-0.1, -0.05) is 18.2 Å². The van der Waals surface area contributed by atoms with Crippen molar-refractivity contribution in [3.63, 3.8) is 0 Å². The summed E-state index contributed by atoms with van der Waals surface area (Å²) in [4.78, 5) is 30.6. The van der Waals surface area contributed by atoms with Crippen molar-refractivity contribution in [2.24, 2.45) is 11.8 Å². The number of benzene rings is 1. The predicted octanol–water partition coefficient (Wildman–Crippen LogP) is 2.50. The van der Waals surface area contributed by atoms with Crippen LogP contribution in [0.4, 0.5) is 5.69 Å². The van der Waals surface area contributed by atoms with Gasteiger partial charge in [0.2, 0.25) is 5.91 Å². The summed E-state index contributed by atoms with van der Waals surface area (Å²) in [7, 11) is 2.08. The highest BCUT2D eigenvalue weighted by Gasteiger charge is 2.64. The highest BCUT2D eigenvalue weighted by atomic mass is 16.5. The standard InChI is InChI=1S/C22H26N2O3/c1-13-16-11-23(3)9-8-22-18-6-4-5-7-19(18)24(14(2)25)21(22)17(12-27-13)15(16)10-20(22)26/h4-7,11,13,15,17,21H,8-10,12H2,1-3H3/b16-11-/t13-,15+,17-,21+,22-/m1/s1. The fourth-order valence-electron chi connectivity index (χ4n) is 6.10. The smallest absolute Gasteiger partial charge is 0.224 e. The SMILES string of the molecule is CC(=O)N1c2ccccc2[C@@]23CCN(C)/C=C4/[C@@H](C)OC[C@@H]([C@H]12)[C@H]4CC3=O. The number of anilines is 1. The van der Waals surface area contributed by atoms with Crippen LogP contribution in [0, 0.1) is 11.8 Å². The molecule has 0 N–H and O–H groups in total. The van der Waals surface area contributed by atoms with E-state index in [0.717, 1.165) is 24.2 Å². The summed E-state index contributed by atoms with van der Waals surface area (Å²) in [6.45, 7) is 5.09. The lowest BCUT2D eigenvalue weighted by molar-refractivity contribution is -0.134. The van der Waals surface area contributed by atoms with Gasteiger partial charge >= 0.3 is 0 Å². The Labute approximate surface area is 160 Å². The first-order valence-corrected chi connectivity index (χ1v) is 9.91. The summed E-state index contributed by atoms with van der Waals surface area (Å²) in [5.74, 6) is 0.601. The quantitative estimate of drug-likeness (QED) is 0.708. The third-order valence-corrected chi connectivity index (χ3v) is 7.26. The predicted molar refractivity (Wildman–Crippen MR) is 102 cm³/mol. The summed E-state index contributed by atoms with van der Waals surface area (Å²) >= 11 is 0. The van der Waals surface area contributed by atoms with Crippen molar-refractivity contribution in [2.45, 2.75) is 44.2 Å². The lowest BCUT2D eigenvalue weighted by Crippen LogP contribution is -2.63. The van der Waals surface area contributed by atoms with Crippen LogP contribution in [-0.4, -0.2) is 48.9 Å². The molecule has 27 heavy (non-hydrogen) atoms. The molecule has 1 amide bonds. The second kappa shape index (κ2) is 5.68. The van der Waals surface area contributed by atoms with Crippen molar-refractivity contribution in [3.05, 3.63) is 41.6 Å². The molecule has 4 aliphatic rings. The van der Waals surface area contributed by atoms with Crippen molar-refractivity contribution < 1.29 is 14.3 Å². The van der Waals surface area contributed by atoms with E-state index in [0.29, 0.717) is 18.8 Å². The van der Waals surface area contributed by atoms with Crippen LogP contribution in [0.3, 0.4) is 0 Å². The number of ether oxygens (including phenoxy) is 1. The van der Waals surface area contributed by atoms with Gasteiger partial charge in [-0.15, -0.1) is 0 Å². The minimum Gasteiger partial charge on any atom is -0.380 e. The molecule has 5 rings (SSSR count). The Bertz CT molecular complexity index is 863. The molecule has 3 aliphatic heterocycles. The van der Waals surface area contributed by atoms with Crippen LogP contribution in [0.1, 0.15) is 32.3 Å². The number of rotatable bonds is 0. The summed E-state index contributed by atoms with van der Waals surface area (Å²) in [6, 6.07) is 7.86. The Balaban J connectivity index is 1.78. The minimum atomic E-state index is -0.620. The van der Waals surface area contributed by atoms with Crippen LogP contribution in [0.25, 0.3) is 0 Å². The summed E-state index contributed by atoms with van der Waals surface area (Å²) in [5, 5.41) is 0. The first kappa shape index (κ1) is 17.0. The van der Waals surface area contributed by atoms with Crippen LogP contribution in [0.5, 0.6) is 0 Å². The second-order valence-electron chi connectivity index (χ2n) is 8.56. The van der Waals surface area contributed by atoms with Crippen molar-refractivity contribution >= 4 is 17.4 Å². The van der Waals surface area contributed by atoms with Gasteiger partial charge in [-0.05, 0) is 36.5 Å². The van der Waals surface area contributed by atoms with Gasteiger partial charge < -0.3 is 14.5 Å². The first-order valence-electron chi connectivity index (χ1n) is 9.91. The lowest BCUT2D eigenvalue weighted by atomic mass is 9.56. The summed E-state index contributed by atoms with van der Waals surface area (Å²) in [5.41, 5.74) is 2.53. The van der Waals surface area contributed by atoms with E-state index in [-0.39, 0.29) is 29.9 Å². The maximum atomic E-state index is 13.7. The van der Waals surface area contributed by atoms with Crippen LogP contribution in [-0.2, 0) is 19.7 Å². The van der Waals surface area contributed by atoms with Crippen LogP contribution >= 0.6 is 0 Å². The van der Waals surface area contributed by atoms with Gasteiger partial charge in [-0.3, -0.25) is 9.59 Å². The molecule has 1 aromatic rings. The molecule has 1 aliphatic carbocycles. The molecule has 1 aromatic carbocycles. The van der Waals surface area contributed by atoms with Gasteiger partial charge in [-0.2, -0.15) is 0 Å². The molecule has 0 spiro atoms. The van der Waals surface area contributed by atoms with Gasteiger partial charge in [0.15, 0.2) is 0 Å². The number of carbonyl (C=O) groups is 2. The van der Waals surface area contributed by atoms with Crippen molar-refractivity contribution in [3.8, 4) is 0 Å². The van der Waals surface area contributed by atoms with E-state index in [9.17, 15) is 9.59 Å². The molecule has 1 saturated carbocycles. The van der Waals surface area contributed by atoms with Gasteiger partial charge in [0.05, 0.1) is 24.2 Å². The normalized spacial score (nSPS) is 39.1. The maximum absolute atomic E-state index is 13.7. The topological polar surface area (TPSA) is 49.9 Å². The van der Waals surface area contributed by atoms with Crippen molar-refractivity contribution in [1.82, 2.24) is 4.90 Å². The van der Waals surface area contributed by atoms with E-state index in [1.165, 1.54) is 5.57 Å². The Hall–Kier alpha value is -2.14. The molecule has 4 bridgehead atoms. The zero-order valence-corrected chi connectivity index (χ0v) is 16.1. The van der Waals surface area contributed by atoms with Crippen LogP contribution < -0.4 is 4.90 Å².